The number of nitrogens with zero attached hydrogens (tertiary/aromatic N) is 8. The normalized spacial score (nSPS) is 25.6. The van der Waals surface area contributed by atoms with Crippen LogP contribution in [0.2, 0.25) is 0 Å². The molecule has 6 heterocycles. The van der Waals surface area contributed by atoms with E-state index < -0.39 is 0 Å². The zero-order valence-corrected chi connectivity index (χ0v) is 20.7. The molecule has 2 fully saturated rings. The SMILES string of the molecule is CC1(C)COC(N2CCC(C)(N3CCc4c(-c5cnc(N)nc5)nc(N5CCOCC5)nc43)C2)=N1. The Labute approximate surface area is 205 Å². The minimum Gasteiger partial charge on any atom is -0.463 e. The van der Waals surface area contributed by atoms with E-state index in [1.165, 1.54) is 0 Å². The van der Waals surface area contributed by atoms with Crippen LogP contribution in [0.3, 0.4) is 0 Å². The second kappa shape index (κ2) is 8.18. The fraction of sp³-hybridized carbons (Fsp3) is 0.625. The summed E-state index contributed by atoms with van der Waals surface area (Å²) < 4.78 is 11.5. The van der Waals surface area contributed by atoms with Gasteiger partial charge in [-0.25, -0.2) is 19.9 Å². The first-order valence-electron chi connectivity index (χ1n) is 12.4. The summed E-state index contributed by atoms with van der Waals surface area (Å²) in [6.07, 6.45) is 5.39. The Balaban J connectivity index is 1.36. The third kappa shape index (κ3) is 4.01. The number of hydrogen-bond donors (Lipinski definition) is 1. The number of nitrogen functional groups attached to an aromatic ring is 1. The van der Waals surface area contributed by atoms with E-state index in [0.29, 0.717) is 19.8 Å². The van der Waals surface area contributed by atoms with Gasteiger partial charge in [-0.3, -0.25) is 0 Å². The molecule has 0 saturated carbocycles. The number of likely N-dealkylation sites (tertiary alicyclic amines) is 1. The molecule has 2 aromatic rings. The number of fused-ring (bicyclic) bond motifs is 1. The maximum absolute atomic E-state index is 5.95. The number of nitrogens with two attached hydrogens (primary N) is 1. The van der Waals surface area contributed by atoms with Crippen molar-refractivity contribution in [3.05, 3.63) is 18.0 Å². The van der Waals surface area contributed by atoms with Crippen LogP contribution < -0.4 is 15.5 Å². The Bertz CT molecular complexity index is 1150. The Kier molecular flexibility index (Phi) is 5.21. The summed E-state index contributed by atoms with van der Waals surface area (Å²) in [5.41, 5.74) is 8.41. The van der Waals surface area contributed by atoms with Crippen molar-refractivity contribution in [1.29, 1.82) is 0 Å². The van der Waals surface area contributed by atoms with E-state index in [2.05, 4.69) is 45.4 Å². The highest BCUT2D eigenvalue weighted by Gasteiger charge is 2.45. The van der Waals surface area contributed by atoms with E-state index in [-0.39, 0.29) is 17.0 Å². The van der Waals surface area contributed by atoms with Crippen LogP contribution in [0.15, 0.2) is 17.4 Å². The smallest absolute Gasteiger partial charge is 0.288 e. The highest BCUT2D eigenvalue weighted by atomic mass is 16.5. The van der Waals surface area contributed by atoms with Crippen LogP contribution in [-0.2, 0) is 15.9 Å². The van der Waals surface area contributed by atoms with Crippen LogP contribution >= 0.6 is 0 Å². The predicted octanol–water partition coefficient (Wildman–Crippen LogP) is 1.34. The van der Waals surface area contributed by atoms with Crippen molar-refractivity contribution in [2.24, 2.45) is 4.99 Å². The third-order valence-corrected chi connectivity index (χ3v) is 7.38. The van der Waals surface area contributed by atoms with Crippen LogP contribution in [0, 0.1) is 0 Å². The summed E-state index contributed by atoms with van der Waals surface area (Å²) in [4.78, 5) is 30.4. The van der Waals surface area contributed by atoms with Crippen molar-refractivity contribution < 1.29 is 9.47 Å². The first-order chi connectivity index (χ1) is 16.8. The molecule has 4 aliphatic rings. The minimum absolute atomic E-state index is 0.0879. The second-order valence-electron chi connectivity index (χ2n) is 10.7. The summed E-state index contributed by atoms with van der Waals surface area (Å²) in [7, 11) is 0. The van der Waals surface area contributed by atoms with Gasteiger partial charge in [0.15, 0.2) is 0 Å². The Morgan fingerprint density at radius 1 is 0.971 bits per heavy atom. The lowest BCUT2D eigenvalue weighted by molar-refractivity contribution is 0.122. The molecule has 6 rings (SSSR count). The first kappa shape index (κ1) is 22.3. The largest absolute Gasteiger partial charge is 0.463 e. The molecule has 186 valence electrons. The van der Waals surface area contributed by atoms with Gasteiger partial charge in [0.2, 0.25) is 11.9 Å². The monoisotopic (exact) mass is 479 g/mol. The third-order valence-electron chi connectivity index (χ3n) is 7.38. The Morgan fingerprint density at radius 2 is 1.74 bits per heavy atom. The average molecular weight is 480 g/mol. The summed E-state index contributed by atoms with van der Waals surface area (Å²) in [5.74, 6) is 2.00. The zero-order chi connectivity index (χ0) is 24.2. The molecule has 35 heavy (non-hydrogen) atoms. The van der Waals surface area contributed by atoms with Gasteiger partial charge in [0.1, 0.15) is 12.4 Å². The molecule has 2 saturated heterocycles. The summed E-state index contributed by atoms with van der Waals surface area (Å²) >= 11 is 0. The van der Waals surface area contributed by atoms with Crippen LogP contribution in [0.1, 0.15) is 32.8 Å². The molecule has 0 radical (unpaired) electrons. The van der Waals surface area contributed by atoms with E-state index in [1.54, 1.807) is 12.4 Å². The maximum atomic E-state index is 5.95. The number of aromatic nitrogens is 4. The summed E-state index contributed by atoms with van der Waals surface area (Å²) in [6.45, 7) is 12.7. The maximum Gasteiger partial charge on any atom is 0.288 e. The lowest BCUT2D eigenvalue weighted by Crippen LogP contribution is -2.49. The van der Waals surface area contributed by atoms with Gasteiger partial charge in [-0.05, 0) is 33.6 Å². The predicted molar refractivity (Wildman–Crippen MR) is 134 cm³/mol. The Hall–Kier alpha value is -3.21. The molecule has 0 bridgehead atoms. The van der Waals surface area contributed by atoms with Gasteiger partial charge in [-0.1, -0.05) is 0 Å². The second-order valence-corrected chi connectivity index (χ2v) is 10.7. The molecular weight excluding hydrogens is 446 g/mol. The number of anilines is 3. The molecule has 0 spiro atoms. The van der Waals surface area contributed by atoms with E-state index in [4.69, 9.17) is 30.2 Å². The van der Waals surface area contributed by atoms with Crippen molar-refractivity contribution in [2.75, 3.05) is 68.1 Å². The summed E-state index contributed by atoms with van der Waals surface area (Å²) in [5, 5.41) is 0. The highest BCUT2D eigenvalue weighted by Crippen LogP contribution is 2.41. The van der Waals surface area contributed by atoms with E-state index in [9.17, 15) is 0 Å². The standard InChI is InChI=1S/C24H33N9O2/c1-23(2)15-35-22(30-23)32-7-5-24(3,14-32)33-6-4-17-18(16-12-26-20(25)27-13-16)28-21(29-19(17)33)31-8-10-34-11-9-31/h12-13H,4-11,14-15H2,1-3H3,(H2,25,26,27). The van der Waals surface area contributed by atoms with Gasteiger partial charge in [0.25, 0.3) is 6.02 Å². The first-order valence-corrected chi connectivity index (χ1v) is 12.4. The zero-order valence-electron chi connectivity index (χ0n) is 20.7. The summed E-state index contributed by atoms with van der Waals surface area (Å²) in [6, 6.07) is 0.773. The van der Waals surface area contributed by atoms with Crippen LogP contribution in [0.5, 0.6) is 0 Å². The Morgan fingerprint density at radius 3 is 2.46 bits per heavy atom. The van der Waals surface area contributed by atoms with E-state index in [0.717, 1.165) is 80.2 Å². The fourth-order valence-corrected chi connectivity index (χ4v) is 5.43. The van der Waals surface area contributed by atoms with Gasteiger partial charge < -0.3 is 29.9 Å². The average Bonchev–Trinajstić information content (AvgIpc) is 3.56. The van der Waals surface area contributed by atoms with Crippen molar-refractivity contribution in [1.82, 2.24) is 24.8 Å². The number of hydrogen-bond acceptors (Lipinski definition) is 11. The lowest BCUT2D eigenvalue weighted by Gasteiger charge is -2.37. The molecule has 1 atom stereocenters. The van der Waals surface area contributed by atoms with Crippen LogP contribution in [-0.4, -0.2) is 94.5 Å². The number of morpholine rings is 1. The number of amidine groups is 1. The molecule has 1 unspecified atom stereocenters. The van der Waals surface area contributed by atoms with Crippen LogP contribution in [0.4, 0.5) is 17.7 Å². The van der Waals surface area contributed by atoms with Gasteiger partial charge in [-0.2, -0.15) is 4.98 Å². The quantitative estimate of drug-likeness (QED) is 0.691. The molecular formula is C24H33N9O2. The molecule has 11 nitrogen and oxygen atoms in total. The van der Waals surface area contributed by atoms with Crippen molar-refractivity contribution in [2.45, 2.75) is 44.7 Å². The van der Waals surface area contributed by atoms with Gasteiger partial charge >= 0.3 is 0 Å². The molecule has 2 N–H and O–H groups in total. The molecule has 2 aromatic heterocycles. The van der Waals surface area contributed by atoms with Crippen molar-refractivity contribution in [3.8, 4) is 11.3 Å². The lowest BCUT2D eigenvalue weighted by atomic mass is 9.99. The van der Waals surface area contributed by atoms with Crippen molar-refractivity contribution in [3.63, 3.8) is 0 Å². The topological polar surface area (TPSA) is 118 Å². The van der Waals surface area contributed by atoms with Crippen molar-refractivity contribution >= 4 is 23.7 Å². The molecule has 0 aromatic carbocycles. The molecule has 4 aliphatic heterocycles. The highest BCUT2D eigenvalue weighted by molar-refractivity contribution is 5.77. The molecule has 11 heteroatoms. The number of aliphatic imine (C=N–C) groups is 1. The van der Waals surface area contributed by atoms with Gasteiger partial charge in [-0.15, -0.1) is 0 Å². The number of rotatable bonds is 3. The van der Waals surface area contributed by atoms with Crippen LogP contribution in [0.25, 0.3) is 11.3 Å². The fourth-order valence-electron chi connectivity index (χ4n) is 5.43. The molecule has 0 aliphatic carbocycles. The van der Waals surface area contributed by atoms with E-state index in [1.807, 2.05) is 0 Å². The van der Waals surface area contributed by atoms with E-state index >= 15 is 0 Å². The van der Waals surface area contributed by atoms with Gasteiger partial charge in [0.05, 0.1) is 30.0 Å². The minimum atomic E-state index is -0.162. The van der Waals surface area contributed by atoms with Gasteiger partial charge in [0, 0.05) is 56.2 Å². The number of ether oxygens (including phenoxy) is 2. The molecule has 0 amide bonds.